The lowest BCUT2D eigenvalue weighted by Crippen LogP contribution is -2.23. The first kappa shape index (κ1) is 8.72. The Morgan fingerprint density at radius 1 is 1.33 bits per heavy atom. The fraction of sp³-hybridized carbons (Fsp3) is 1.00. The first-order valence-electron chi connectivity index (χ1n) is 2.65. The van der Waals surface area contributed by atoms with Crippen LogP contribution in [0, 0.1) is 5.92 Å². The fourth-order valence-electron chi connectivity index (χ4n) is 0.428. The maximum atomic E-state index is 11.5. The van der Waals surface area contributed by atoms with E-state index >= 15 is 0 Å². The molecule has 0 saturated heterocycles. The van der Waals surface area contributed by atoms with Crippen molar-refractivity contribution in [1.82, 2.24) is 0 Å². The van der Waals surface area contributed by atoms with Crippen molar-refractivity contribution in [2.45, 2.75) is 19.5 Å². The zero-order valence-electron chi connectivity index (χ0n) is 5.00. The molecule has 0 heterocycles. The third kappa shape index (κ3) is 2.67. The Balaban J connectivity index is 3.79. The molecule has 0 aliphatic carbocycles. The van der Waals surface area contributed by atoms with Gasteiger partial charge in [-0.1, -0.05) is 6.92 Å². The van der Waals surface area contributed by atoms with Gasteiger partial charge >= 0.3 is 6.18 Å². The predicted octanol–water partition coefficient (Wildman–Crippen LogP) is 2.54. The predicted molar refractivity (Wildman–Crippen MR) is 25.8 cm³/mol. The third-order valence-electron chi connectivity index (χ3n) is 1.14. The minimum absolute atomic E-state index is 0.181. The van der Waals surface area contributed by atoms with Crippen LogP contribution in [0.4, 0.5) is 17.6 Å². The third-order valence-corrected chi connectivity index (χ3v) is 1.14. The highest BCUT2D eigenvalue weighted by molar-refractivity contribution is 4.63. The van der Waals surface area contributed by atoms with Crippen molar-refractivity contribution < 1.29 is 17.6 Å². The minimum Gasteiger partial charge on any atom is -0.250 e. The molecule has 1 atom stereocenters. The van der Waals surface area contributed by atoms with E-state index in [2.05, 4.69) is 0 Å². The first-order chi connectivity index (χ1) is 4.02. The van der Waals surface area contributed by atoms with Gasteiger partial charge in [-0.25, -0.2) is 0 Å². The van der Waals surface area contributed by atoms with Crippen LogP contribution in [-0.4, -0.2) is 12.9 Å². The lowest BCUT2D eigenvalue weighted by atomic mass is 10.1. The van der Waals surface area contributed by atoms with Crippen LogP contribution in [0.5, 0.6) is 0 Å². The second-order valence-corrected chi connectivity index (χ2v) is 1.80. The second-order valence-electron chi connectivity index (χ2n) is 1.80. The Morgan fingerprint density at radius 2 is 1.78 bits per heavy atom. The van der Waals surface area contributed by atoms with Crippen molar-refractivity contribution in [3.63, 3.8) is 0 Å². The van der Waals surface area contributed by atoms with Gasteiger partial charge in [-0.2, -0.15) is 13.2 Å². The normalized spacial score (nSPS) is 15.7. The Hall–Kier alpha value is -0.280. The summed E-state index contributed by atoms with van der Waals surface area (Å²) < 4.78 is 45.9. The summed E-state index contributed by atoms with van der Waals surface area (Å²) in [7, 11) is 0. The molecule has 0 rings (SSSR count). The summed E-state index contributed by atoms with van der Waals surface area (Å²) >= 11 is 0. The highest BCUT2D eigenvalue weighted by Crippen LogP contribution is 2.28. The van der Waals surface area contributed by atoms with Crippen LogP contribution in [0.15, 0.2) is 0 Å². The Bertz CT molecular complexity index is 71.5. The SMILES string of the molecule is CCC(CF)C(F)(F)F. The molecular formula is C5H8F4. The van der Waals surface area contributed by atoms with Gasteiger partial charge in [-0.3, -0.25) is 4.39 Å². The molecule has 4 heteroatoms. The summed E-state index contributed by atoms with van der Waals surface area (Å²) in [5, 5.41) is 0. The average molecular weight is 144 g/mol. The summed E-state index contributed by atoms with van der Waals surface area (Å²) in [6.07, 6.45) is -4.54. The highest BCUT2D eigenvalue weighted by Gasteiger charge is 2.37. The van der Waals surface area contributed by atoms with Crippen molar-refractivity contribution >= 4 is 0 Å². The Morgan fingerprint density at radius 3 is 1.78 bits per heavy atom. The van der Waals surface area contributed by atoms with E-state index in [0.29, 0.717) is 0 Å². The van der Waals surface area contributed by atoms with E-state index in [-0.39, 0.29) is 6.42 Å². The van der Waals surface area contributed by atoms with E-state index in [0.717, 1.165) is 0 Å². The molecule has 0 radical (unpaired) electrons. The van der Waals surface area contributed by atoms with E-state index in [1.165, 1.54) is 6.92 Å². The van der Waals surface area contributed by atoms with Gasteiger partial charge in [0.25, 0.3) is 0 Å². The molecule has 0 saturated carbocycles. The van der Waals surface area contributed by atoms with Gasteiger partial charge in [0.15, 0.2) is 0 Å². The van der Waals surface area contributed by atoms with Crippen LogP contribution < -0.4 is 0 Å². The van der Waals surface area contributed by atoms with Crippen molar-refractivity contribution in [2.75, 3.05) is 6.67 Å². The Kier molecular flexibility index (Phi) is 2.94. The molecule has 0 aromatic rings. The maximum absolute atomic E-state index is 11.5. The summed E-state index contributed by atoms with van der Waals surface area (Å²) in [5.41, 5.74) is 0. The molecule has 0 nitrogen and oxygen atoms in total. The molecular weight excluding hydrogens is 136 g/mol. The van der Waals surface area contributed by atoms with Crippen LogP contribution in [0.3, 0.4) is 0 Å². The van der Waals surface area contributed by atoms with Crippen LogP contribution in [-0.2, 0) is 0 Å². The topological polar surface area (TPSA) is 0 Å². The van der Waals surface area contributed by atoms with Crippen molar-refractivity contribution in [1.29, 1.82) is 0 Å². The monoisotopic (exact) mass is 144 g/mol. The van der Waals surface area contributed by atoms with Gasteiger partial charge in [0.1, 0.15) is 6.67 Å². The molecule has 1 unspecified atom stereocenters. The van der Waals surface area contributed by atoms with Gasteiger partial charge in [0.2, 0.25) is 0 Å². The molecule has 0 amide bonds. The van der Waals surface area contributed by atoms with E-state index < -0.39 is 18.8 Å². The summed E-state index contributed by atoms with van der Waals surface area (Å²) in [5.74, 6) is -1.77. The lowest BCUT2D eigenvalue weighted by Gasteiger charge is -2.13. The standard InChI is InChI=1S/C5H8F4/c1-2-4(3-6)5(7,8)9/h4H,2-3H2,1H3. The minimum atomic E-state index is -4.36. The maximum Gasteiger partial charge on any atom is 0.394 e. The fourth-order valence-corrected chi connectivity index (χ4v) is 0.428. The van der Waals surface area contributed by atoms with Gasteiger partial charge in [0, 0.05) is 0 Å². The smallest absolute Gasteiger partial charge is 0.250 e. The largest absolute Gasteiger partial charge is 0.394 e. The van der Waals surface area contributed by atoms with Gasteiger partial charge < -0.3 is 0 Å². The summed E-state index contributed by atoms with van der Waals surface area (Å²) in [6, 6.07) is 0. The van der Waals surface area contributed by atoms with Gasteiger partial charge in [0.05, 0.1) is 5.92 Å². The molecule has 0 spiro atoms. The second kappa shape index (κ2) is 3.03. The number of hydrogen-bond acceptors (Lipinski definition) is 0. The number of hydrogen-bond donors (Lipinski definition) is 0. The zero-order valence-corrected chi connectivity index (χ0v) is 5.00. The molecule has 0 aliphatic heterocycles. The number of halogens is 4. The zero-order chi connectivity index (χ0) is 7.49. The average Bonchev–Trinajstić information content (AvgIpc) is 1.65. The number of alkyl halides is 4. The van der Waals surface area contributed by atoms with E-state index in [9.17, 15) is 17.6 Å². The molecule has 56 valence electrons. The molecule has 9 heavy (non-hydrogen) atoms. The highest BCUT2D eigenvalue weighted by atomic mass is 19.4. The van der Waals surface area contributed by atoms with Crippen LogP contribution >= 0.6 is 0 Å². The molecule has 0 aromatic carbocycles. The van der Waals surface area contributed by atoms with Gasteiger partial charge in [-0.05, 0) is 6.42 Å². The number of rotatable bonds is 2. The van der Waals surface area contributed by atoms with E-state index in [1.54, 1.807) is 0 Å². The molecule has 0 fully saturated rings. The van der Waals surface area contributed by atoms with E-state index in [1.807, 2.05) is 0 Å². The first-order valence-corrected chi connectivity index (χ1v) is 2.65. The Labute approximate surface area is 50.9 Å². The van der Waals surface area contributed by atoms with Crippen molar-refractivity contribution in [3.05, 3.63) is 0 Å². The van der Waals surface area contributed by atoms with Crippen LogP contribution in [0.1, 0.15) is 13.3 Å². The van der Waals surface area contributed by atoms with Crippen molar-refractivity contribution in [2.24, 2.45) is 5.92 Å². The molecule has 0 N–H and O–H groups in total. The molecule has 0 bridgehead atoms. The van der Waals surface area contributed by atoms with Crippen LogP contribution in [0.25, 0.3) is 0 Å². The van der Waals surface area contributed by atoms with E-state index in [4.69, 9.17) is 0 Å². The lowest BCUT2D eigenvalue weighted by molar-refractivity contribution is -0.178. The summed E-state index contributed by atoms with van der Waals surface area (Å²) in [6.45, 7) is 0.0116. The molecule has 0 aromatic heterocycles. The van der Waals surface area contributed by atoms with Crippen LogP contribution in [0.2, 0.25) is 0 Å². The van der Waals surface area contributed by atoms with Gasteiger partial charge in [-0.15, -0.1) is 0 Å². The summed E-state index contributed by atoms with van der Waals surface area (Å²) in [4.78, 5) is 0. The molecule has 0 aliphatic rings. The quantitative estimate of drug-likeness (QED) is 0.522. The van der Waals surface area contributed by atoms with Crippen molar-refractivity contribution in [3.8, 4) is 0 Å².